The first-order valence-corrected chi connectivity index (χ1v) is 11.3. The van der Waals surface area contributed by atoms with Gasteiger partial charge in [0.1, 0.15) is 6.54 Å². The largest absolute Gasteiger partial charge is 0.353 e. The number of nitrogens with zero attached hydrogens (tertiary/aromatic N) is 3. The minimum absolute atomic E-state index is 0.0332. The molecule has 0 saturated carbocycles. The minimum Gasteiger partial charge on any atom is -0.353 e. The number of hydrogen-bond donors (Lipinski definition) is 1. The number of benzene rings is 1. The van der Waals surface area contributed by atoms with Crippen LogP contribution in [0.15, 0.2) is 42.6 Å². The van der Waals surface area contributed by atoms with Crippen molar-refractivity contribution < 1.29 is 9.59 Å². The van der Waals surface area contributed by atoms with Gasteiger partial charge in [-0.25, -0.2) is 4.79 Å². The van der Waals surface area contributed by atoms with Gasteiger partial charge in [-0.2, -0.15) is 0 Å². The van der Waals surface area contributed by atoms with E-state index in [4.69, 9.17) is 0 Å². The van der Waals surface area contributed by atoms with Gasteiger partial charge in [0.2, 0.25) is 5.91 Å². The molecule has 2 aromatic rings. The van der Waals surface area contributed by atoms with E-state index in [9.17, 15) is 9.59 Å². The normalized spacial score (nSPS) is 12.0. The van der Waals surface area contributed by atoms with E-state index in [1.54, 1.807) is 4.90 Å². The van der Waals surface area contributed by atoms with Crippen molar-refractivity contribution in [3.63, 3.8) is 0 Å². The van der Waals surface area contributed by atoms with Crippen molar-refractivity contribution in [2.45, 2.75) is 60.0 Å². The van der Waals surface area contributed by atoms with Gasteiger partial charge in [-0.05, 0) is 49.4 Å². The summed E-state index contributed by atoms with van der Waals surface area (Å²) in [4.78, 5) is 30.0. The van der Waals surface area contributed by atoms with E-state index in [0.29, 0.717) is 19.0 Å². The molecule has 6 nitrogen and oxygen atoms in total. The molecule has 0 aliphatic carbocycles. The van der Waals surface area contributed by atoms with Crippen LogP contribution in [0.4, 0.5) is 10.5 Å². The molecule has 0 saturated heterocycles. The van der Waals surface area contributed by atoms with Crippen molar-refractivity contribution in [2.75, 3.05) is 18.4 Å². The van der Waals surface area contributed by atoms with Gasteiger partial charge in [-0.1, -0.05) is 45.9 Å². The first kappa shape index (κ1) is 24.5. The van der Waals surface area contributed by atoms with Crippen LogP contribution in [0.2, 0.25) is 0 Å². The Morgan fingerprint density at radius 1 is 1.06 bits per heavy atom. The number of carbonyl (C=O) groups is 2. The molecule has 2 rings (SSSR count). The third kappa shape index (κ3) is 6.88. The summed E-state index contributed by atoms with van der Waals surface area (Å²) in [6.07, 6.45) is 3.59. The molecule has 1 atom stereocenters. The SMILES string of the molecule is CCc1ccccc1NC(=O)N(CC(=O)N(Cc1cccn1C)CC(C)C)[C@@H](C)CC. The molecular formula is C25H38N4O2. The Kier molecular flexibility index (Phi) is 9.16. The van der Waals surface area contributed by atoms with E-state index in [0.717, 1.165) is 29.8 Å². The fraction of sp³-hybridized carbons (Fsp3) is 0.520. The molecule has 1 heterocycles. The molecular weight excluding hydrogens is 388 g/mol. The van der Waals surface area contributed by atoms with Crippen molar-refractivity contribution in [3.05, 3.63) is 53.9 Å². The van der Waals surface area contributed by atoms with Crippen LogP contribution in [-0.2, 0) is 24.8 Å². The minimum atomic E-state index is -0.230. The summed E-state index contributed by atoms with van der Waals surface area (Å²) in [6.45, 7) is 11.5. The van der Waals surface area contributed by atoms with Crippen LogP contribution in [-0.4, -0.2) is 45.4 Å². The monoisotopic (exact) mass is 426 g/mol. The third-order valence-corrected chi connectivity index (χ3v) is 5.67. The number of aromatic nitrogens is 1. The number of nitrogens with one attached hydrogen (secondary N) is 1. The Balaban J connectivity index is 2.19. The molecule has 3 amide bonds. The fourth-order valence-electron chi connectivity index (χ4n) is 3.58. The van der Waals surface area contributed by atoms with Crippen LogP contribution in [0.3, 0.4) is 0 Å². The predicted molar refractivity (Wildman–Crippen MR) is 127 cm³/mol. The highest BCUT2D eigenvalue weighted by Crippen LogP contribution is 2.18. The number of rotatable bonds is 10. The molecule has 0 aliphatic rings. The van der Waals surface area contributed by atoms with Gasteiger partial charge < -0.3 is 19.7 Å². The fourth-order valence-corrected chi connectivity index (χ4v) is 3.58. The van der Waals surface area contributed by atoms with Gasteiger partial charge in [-0.3, -0.25) is 4.79 Å². The molecule has 0 unspecified atom stereocenters. The second kappa shape index (κ2) is 11.6. The molecule has 0 bridgehead atoms. The maximum atomic E-state index is 13.3. The quantitative estimate of drug-likeness (QED) is 0.587. The standard InChI is InChI=1S/C25H38N4O2/c1-7-20(5)29(25(31)26-23-14-10-9-12-21(23)8-2)18-24(30)28(16-19(3)4)17-22-13-11-15-27(22)6/h9-15,19-20H,7-8,16-18H2,1-6H3,(H,26,31)/t20-/m0/s1. The first-order valence-electron chi connectivity index (χ1n) is 11.3. The van der Waals surface area contributed by atoms with E-state index in [-0.39, 0.29) is 24.5 Å². The zero-order chi connectivity index (χ0) is 23.0. The van der Waals surface area contributed by atoms with Crippen molar-refractivity contribution in [1.29, 1.82) is 0 Å². The van der Waals surface area contributed by atoms with Gasteiger partial charge >= 0.3 is 6.03 Å². The van der Waals surface area contributed by atoms with Gasteiger partial charge in [-0.15, -0.1) is 0 Å². The summed E-state index contributed by atoms with van der Waals surface area (Å²) in [5.74, 6) is 0.306. The second-order valence-corrected chi connectivity index (χ2v) is 8.60. The summed E-state index contributed by atoms with van der Waals surface area (Å²) >= 11 is 0. The highest BCUT2D eigenvalue weighted by Gasteiger charge is 2.26. The maximum Gasteiger partial charge on any atom is 0.322 e. The Morgan fingerprint density at radius 2 is 1.77 bits per heavy atom. The van der Waals surface area contributed by atoms with Crippen LogP contribution in [0.25, 0.3) is 0 Å². The van der Waals surface area contributed by atoms with Crippen molar-refractivity contribution in [2.24, 2.45) is 13.0 Å². The van der Waals surface area contributed by atoms with Gasteiger partial charge in [0, 0.05) is 37.2 Å². The summed E-state index contributed by atoms with van der Waals surface area (Å²) in [6, 6.07) is 11.5. The Hall–Kier alpha value is -2.76. The Bertz CT molecular complexity index is 859. The van der Waals surface area contributed by atoms with E-state index < -0.39 is 0 Å². The smallest absolute Gasteiger partial charge is 0.322 e. The second-order valence-electron chi connectivity index (χ2n) is 8.60. The lowest BCUT2D eigenvalue weighted by atomic mass is 10.1. The van der Waals surface area contributed by atoms with E-state index in [1.807, 2.05) is 73.0 Å². The van der Waals surface area contributed by atoms with Gasteiger partial charge in [0.15, 0.2) is 0 Å². The molecule has 0 radical (unpaired) electrons. The lowest BCUT2D eigenvalue weighted by Gasteiger charge is -2.32. The van der Waals surface area contributed by atoms with Gasteiger partial charge in [0.05, 0.1) is 6.54 Å². The number of amides is 3. The first-order chi connectivity index (χ1) is 14.8. The Morgan fingerprint density at radius 3 is 2.35 bits per heavy atom. The van der Waals surface area contributed by atoms with E-state index in [2.05, 4.69) is 26.1 Å². The molecule has 6 heteroatoms. The lowest BCUT2D eigenvalue weighted by molar-refractivity contribution is -0.133. The number of hydrogen-bond acceptors (Lipinski definition) is 2. The van der Waals surface area contributed by atoms with Crippen molar-refractivity contribution >= 4 is 17.6 Å². The number of aryl methyl sites for hydroxylation is 2. The highest BCUT2D eigenvalue weighted by molar-refractivity contribution is 5.93. The van der Waals surface area contributed by atoms with Crippen LogP contribution >= 0.6 is 0 Å². The van der Waals surface area contributed by atoms with E-state index >= 15 is 0 Å². The summed E-state index contributed by atoms with van der Waals surface area (Å²) in [5.41, 5.74) is 2.96. The Labute approximate surface area is 187 Å². The zero-order valence-electron chi connectivity index (χ0n) is 19.9. The van der Waals surface area contributed by atoms with Crippen LogP contribution < -0.4 is 5.32 Å². The van der Waals surface area contributed by atoms with Gasteiger partial charge in [0.25, 0.3) is 0 Å². The maximum absolute atomic E-state index is 13.3. The topological polar surface area (TPSA) is 57.6 Å². The molecule has 170 valence electrons. The molecule has 0 spiro atoms. The summed E-state index contributed by atoms with van der Waals surface area (Å²) < 4.78 is 2.03. The van der Waals surface area contributed by atoms with Crippen LogP contribution in [0, 0.1) is 5.92 Å². The highest BCUT2D eigenvalue weighted by atomic mass is 16.2. The summed E-state index contributed by atoms with van der Waals surface area (Å²) in [5, 5.41) is 3.03. The van der Waals surface area contributed by atoms with Crippen molar-refractivity contribution in [3.8, 4) is 0 Å². The summed E-state index contributed by atoms with van der Waals surface area (Å²) in [7, 11) is 1.98. The lowest BCUT2D eigenvalue weighted by Crippen LogP contribution is -2.48. The predicted octanol–water partition coefficient (Wildman–Crippen LogP) is 4.90. The molecule has 1 N–H and O–H groups in total. The third-order valence-electron chi connectivity index (χ3n) is 5.67. The van der Waals surface area contributed by atoms with Crippen LogP contribution in [0.1, 0.15) is 52.3 Å². The zero-order valence-corrected chi connectivity index (χ0v) is 19.9. The molecule has 0 fully saturated rings. The number of anilines is 1. The average Bonchev–Trinajstić information content (AvgIpc) is 3.15. The van der Waals surface area contributed by atoms with Crippen LogP contribution in [0.5, 0.6) is 0 Å². The molecule has 31 heavy (non-hydrogen) atoms. The molecule has 0 aliphatic heterocycles. The average molecular weight is 427 g/mol. The van der Waals surface area contributed by atoms with E-state index in [1.165, 1.54) is 0 Å². The van der Waals surface area contributed by atoms with Crippen molar-refractivity contribution in [1.82, 2.24) is 14.4 Å². The number of urea groups is 1. The molecule has 1 aromatic carbocycles. The number of para-hydroxylation sites is 1. The molecule has 1 aromatic heterocycles. The number of carbonyl (C=O) groups excluding carboxylic acids is 2.